The van der Waals surface area contributed by atoms with E-state index in [1.807, 2.05) is 32.0 Å². The molecule has 2 aliphatic rings. The lowest BCUT2D eigenvalue weighted by Crippen LogP contribution is -2.44. The number of rotatable bonds is 12. The number of hydrogen-bond acceptors (Lipinski definition) is 8. The fourth-order valence-electron chi connectivity index (χ4n) is 6.00. The zero-order valence-corrected chi connectivity index (χ0v) is 27.8. The first-order valence-corrected chi connectivity index (χ1v) is 17.3. The van der Waals surface area contributed by atoms with Gasteiger partial charge in [-0.15, -0.1) is 0 Å². The molecule has 0 fully saturated rings. The second-order valence-electron chi connectivity index (χ2n) is 11.4. The molecule has 0 saturated carbocycles. The van der Waals surface area contributed by atoms with Crippen LogP contribution in [0, 0.1) is 0 Å². The van der Waals surface area contributed by atoms with Crippen molar-refractivity contribution in [2.24, 2.45) is 0 Å². The lowest BCUT2D eigenvalue weighted by Gasteiger charge is -2.35. The summed E-state index contributed by atoms with van der Waals surface area (Å²) in [5, 5.41) is 0. The van der Waals surface area contributed by atoms with E-state index in [2.05, 4.69) is 23.6 Å². The molecule has 12 heteroatoms. The number of nitrogens with zero attached hydrogens (tertiary/aromatic N) is 2. The zero-order valence-electron chi connectivity index (χ0n) is 27.0. The van der Waals surface area contributed by atoms with Crippen molar-refractivity contribution in [3.8, 4) is 11.5 Å². The highest BCUT2D eigenvalue weighted by atomic mass is 32.2. The fourth-order valence-corrected chi connectivity index (χ4v) is 7.02. The second-order valence-corrected chi connectivity index (χ2v) is 13.3. The van der Waals surface area contributed by atoms with Crippen LogP contribution in [0.5, 0.6) is 11.5 Å². The summed E-state index contributed by atoms with van der Waals surface area (Å²) in [7, 11) is -3.97. The number of hydrogen-bond donors (Lipinski definition) is 0. The second kappa shape index (κ2) is 16.6. The number of fused-ring (bicyclic) bond motifs is 2. The Morgan fingerprint density at radius 3 is 1.69 bits per heavy atom. The molecule has 0 bridgehead atoms. The lowest BCUT2D eigenvalue weighted by molar-refractivity contribution is -0.0437. The quantitative estimate of drug-likeness (QED) is 0.246. The van der Waals surface area contributed by atoms with E-state index in [4.69, 9.17) is 14.2 Å². The molecule has 0 spiro atoms. The van der Waals surface area contributed by atoms with Crippen molar-refractivity contribution in [2.45, 2.75) is 88.7 Å². The molecule has 2 aromatic rings. The number of carbonyl (C=O) groups excluding carboxylic acids is 1. The van der Waals surface area contributed by atoms with E-state index in [0.29, 0.717) is 24.8 Å². The van der Waals surface area contributed by atoms with Gasteiger partial charge in [0.15, 0.2) is 0 Å². The van der Waals surface area contributed by atoms with E-state index in [-0.39, 0.29) is 29.7 Å². The summed E-state index contributed by atoms with van der Waals surface area (Å²) in [5.41, 5.74) is -3.57. The van der Waals surface area contributed by atoms with E-state index >= 15 is 0 Å². The van der Waals surface area contributed by atoms with Gasteiger partial charge < -0.3 is 14.2 Å². The highest BCUT2D eigenvalue weighted by molar-refractivity contribution is 7.92. The maximum atomic E-state index is 12.9. The molecule has 0 saturated heterocycles. The number of halogens is 3. The summed E-state index contributed by atoms with van der Waals surface area (Å²) >= 11 is 0. The van der Waals surface area contributed by atoms with Crippen LogP contribution in [0.2, 0.25) is 0 Å². The summed E-state index contributed by atoms with van der Waals surface area (Å²) in [6.07, 6.45) is 5.16. The number of ether oxygens (including phenoxy) is 3. The minimum Gasteiger partial charge on any atom is -0.492 e. The number of alkyl halides is 3. The Balaban J connectivity index is 0.000000248. The highest BCUT2D eigenvalue weighted by Gasteiger charge is 2.48. The first-order valence-electron chi connectivity index (χ1n) is 15.8. The summed E-state index contributed by atoms with van der Waals surface area (Å²) in [4.78, 5) is 15.9. The van der Waals surface area contributed by atoms with Gasteiger partial charge in [-0.2, -0.15) is 13.2 Å². The monoisotopic (exact) mass is 656 g/mol. The molecule has 0 aliphatic carbocycles. The molecule has 2 unspecified atom stereocenters. The fraction of sp³-hybridized carbons (Fsp3) is 0.606. The molecule has 0 aromatic heterocycles. The third-order valence-electron chi connectivity index (χ3n) is 8.04. The van der Waals surface area contributed by atoms with Crippen molar-refractivity contribution in [3.63, 3.8) is 0 Å². The number of methoxy groups -OCH3 is 1. The average Bonchev–Trinajstić information content (AvgIpc) is 3.03. The first kappa shape index (κ1) is 36.6. The highest BCUT2D eigenvalue weighted by Crippen LogP contribution is 2.38. The molecule has 2 aliphatic heterocycles. The van der Waals surface area contributed by atoms with Crippen LogP contribution in [0.1, 0.15) is 74.9 Å². The summed E-state index contributed by atoms with van der Waals surface area (Å²) < 4.78 is 78.9. The molecule has 45 heavy (non-hydrogen) atoms. The van der Waals surface area contributed by atoms with Crippen LogP contribution in [-0.4, -0.2) is 88.3 Å². The Kier molecular flexibility index (Phi) is 13.6. The van der Waals surface area contributed by atoms with Crippen LogP contribution >= 0.6 is 0 Å². The van der Waals surface area contributed by atoms with Gasteiger partial charge in [-0.05, 0) is 89.0 Å². The Hall–Kier alpha value is -2.83. The standard InChI is InChI=1S/C17H25NO3.C16H22F3NO3S/c1-4-9-18(10-5-2)13-11-15-14(17(19)20-3)7-6-8-16(15)21-12-13;1-3-8-20(9-4-2)12-10-13-14(23-11-12)6-5-7-15(13)24(21,22)16(17,18)19/h6-8,13H,4-5,9-12H2,1-3H3;5-7,12H,3-4,8-11H2,1-2H3. The molecule has 2 aromatic carbocycles. The Morgan fingerprint density at radius 2 is 1.24 bits per heavy atom. The van der Waals surface area contributed by atoms with Crippen molar-refractivity contribution < 1.29 is 40.6 Å². The van der Waals surface area contributed by atoms with Gasteiger partial charge in [0, 0.05) is 23.2 Å². The molecule has 2 heterocycles. The minimum atomic E-state index is -5.39. The molecule has 8 nitrogen and oxygen atoms in total. The van der Waals surface area contributed by atoms with Gasteiger partial charge >= 0.3 is 11.5 Å². The molecular weight excluding hydrogens is 609 g/mol. The molecule has 4 rings (SSSR count). The van der Waals surface area contributed by atoms with Gasteiger partial charge in [-0.1, -0.05) is 39.8 Å². The average molecular weight is 657 g/mol. The Bertz CT molecular complexity index is 1360. The van der Waals surface area contributed by atoms with Gasteiger partial charge in [0.1, 0.15) is 24.7 Å². The predicted octanol–water partition coefficient (Wildman–Crippen LogP) is 6.30. The van der Waals surface area contributed by atoms with E-state index < -0.39 is 20.2 Å². The van der Waals surface area contributed by atoms with Crippen LogP contribution < -0.4 is 9.47 Å². The summed E-state index contributed by atoms with van der Waals surface area (Å²) in [5.74, 6) is 0.764. The van der Waals surface area contributed by atoms with E-state index in [1.165, 1.54) is 19.2 Å². The summed E-state index contributed by atoms with van der Waals surface area (Å²) in [6, 6.07) is 9.63. The first-order chi connectivity index (χ1) is 21.4. The number of sulfone groups is 1. The van der Waals surface area contributed by atoms with Crippen LogP contribution in [0.4, 0.5) is 13.2 Å². The normalized spacial score (nSPS) is 17.8. The summed E-state index contributed by atoms with van der Waals surface area (Å²) in [6.45, 7) is 13.2. The van der Waals surface area contributed by atoms with Crippen LogP contribution in [0.25, 0.3) is 0 Å². The van der Waals surface area contributed by atoms with Gasteiger partial charge in [0.25, 0.3) is 9.84 Å². The van der Waals surface area contributed by atoms with Gasteiger partial charge in [-0.3, -0.25) is 9.80 Å². The van der Waals surface area contributed by atoms with Gasteiger partial charge in [0.2, 0.25) is 0 Å². The Morgan fingerprint density at radius 1 is 0.800 bits per heavy atom. The van der Waals surface area contributed by atoms with Crippen LogP contribution in [0.3, 0.4) is 0 Å². The predicted molar refractivity (Wildman–Crippen MR) is 168 cm³/mol. The largest absolute Gasteiger partial charge is 0.501 e. The van der Waals surface area contributed by atoms with Crippen molar-refractivity contribution in [1.82, 2.24) is 9.80 Å². The van der Waals surface area contributed by atoms with Crippen molar-refractivity contribution in [2.75, 3.05) is 46.5 Å². The molecule has 0 N–H and O–H groups in total. The van der Waals surface area contributed by atoms with E-state index in [1.54, 1.807) is 0 Å². The molecule has 0 amide bonds. The van der Waals surface area contributed by atoms with Crippen molar-refractivity contribution >= 4 is 15.8 Å². The minimum absolute atomic E-state index is 0.123. The topological polar surface area (TPSA) is 85.4 Å². The van der Waals surface area contributed by atoms with E-state index in [9.17, 15) is 26.4 Å². The smallest absolute Gasteiger partial charge is 0.492 e. The number of carbonyl (C=O) groups is 1. The van der Waals surface area contributed by atoms with Crippen molar-refractivity contribution in [3.05, 3.63) is 53.1 Å². The zero-order chi connectivity index (χ0) is 33.2. The molecule has 2 atom stereocenters. The van der Waals surface area contributed by atoms with Crippen LogP contribution in [-0.2, 0) is 27.4 Å². The van der Waals surface area contributed by atoms with Crippen LogP contribution in [0.15, 0.2) is 41.3 Å². The third-order valence-corrected chi connectivity index (χ3v) is 9.61. The maximum absolute atomic E-state index is 12.9. The SMILES string of the molecule is CCCN(CCC)C1COc2cccc(C(=O)OC)c2C1.CCCN(CCC)C1COc2cccc(S(=O)(=O)C(F)(F)F)c2C1. The number of benzene rings is 2. The van der Waals surface area contributed by atoms with Gasteiger partial charge in [0.05, 0.1) is 17.6 Å². The van der Waals surface area contributed by atoms with Crippen molar-refractivity contribution in [1.29, 1.82) is 0 Å². The lowest BCUT2D eigenvalue weighted by atomic mass is 9.96. The molecular formula is C33H47F3N2O6S. The molecule has 252 valence electrons. The third kappa shape index (κ3) is 8.92. The van der Waals surface area contributed by atoms with Gasteiger partial charge in [-0.25, -0.2) is 13.2 Å². The molecule has 0 radical (unpaired) electrons. The van der Waals surface area contributed by atoms with E-state index in [0.717, 1.165) is 75.7 Å². The number of esters is 1. The Labute approximate surface area is 265 Å². The maximum Gasteiger partial charge on any atom is 0.501 e.